The summed E-state index contributed by atoms with van der Waals surface area (Å²) >= 11 is 0. The zero-order chi connectivity index (χ0) is 8.97. The molecule has 1 aliphatic rings. The van der Waals surface area contributed by atoms with Gasteiger partial charge < -0.3 is 10.6 Å². The zero-order valence-electron chi connectivity index (χ0n) is 7.89. The van der Waals surface area contributed by atoms with Crippen LogP contribution in [0.3, 0.4) is 0 Å². The largest absolute Gasteiger partial charge is 0.356 e. The van der Waals surface area contributed by atoms with E-state index in [1.807, 2.05) is 13.8 Å². The van der Waals surface area contributed by atoms with Crippen molar-refractivity contribution in [3.8, 4) is 0 Å². The monoisotopic (exact) mass is 170 g/mol. The van der Waals surface area contributed by atoms with Crippen LogP contribution in [-0.4, -0.2) is 25.0 Å². The van der Waals surface area contributed by atoms with Crippen molar-refractivity contribution in [3.63, 3.8) is 0 Å². The van der Waals surface area contributed by atoms with Crippen LogP contribution >= 0.6 is 0 Å². The van der Waals surface area contributed by atoms with Crippen LogP contribution in [0.5, 0.6) is 0 Å². The Bertz CT molecular complexity index is 153. The van der Waals surface area contributed by atoms with Gasteiger partial charge in [-0.2, -0.15) is 0 Å². The molecule has 1 heterocycles. The van der Waals surface area contributed by atoms with Crippen LogP contribution in [0.15, 0.2) is 0 Å². The maximum absolute atomic E-state index is 11.1. The van der Waals surface area contributed by atoms with Gasteiger partial charge in [0, 0.05) is 18.5 Å². The molecule has 12 heavy (non-hydrogen) atoms. The number of hydrogen-bond donors (Lipinski definition) is 2. The minimum absolute atomic E-state index is 0.111. The fourth-order valence-electron chi connectivity index (χ4n) is 1.17. The Kier molecular flexibility index (Phi) is 3.53. The topological polar surface area (TPSA) is 41.1 Å². The molecule has 0 aliphatic carbocycles. The molecule has 1 saturated heterocycles. The standard InChI is InChI=1S/C9H18N2O/c1-7(2)9(12)11-6-4-8-3-5-10-8/h7-8,10H,3-6H2,1-2H3,(H,11,12). The highest BCUT2D eigenvalue weighted by molar-refractivity contribution is 5.77. The normalized spacial score (nSPS) is 22.1. The SMILES string of the molecule is CC(C)C(=O)NCCC1CCN1. The Labute approximate surface area is 73.9 Å². The third-order valence-electron chi connectivity index (χ3n) is 2.24. The third kappa shape index (κ3) is 2.81. The average molecular weight is 170 g/mol. The molecule has 1 unspecified atom stereocenters. The van der Waals surface area contributed by atoms with Gasteiger partial charge in [0.1, 0.15) is 0 Å². The summed E-state index contributed by atoms with van der Waals surface area (Å²) in [6, 6.07) is 0.650. The van der Waals surface area contributed by atoms with Gasteiger partial charge in [-0.05, 0) is 19.4 Å². The van der Waals surface area contributed by atoms with Crippen LogP contribution < -0.4 is 10.6 Å². The lowest BCUT2D eigenvalue weighted by Crippen LogP contribution is -2.45. The van der Waals surface area contributed by atoms with E-state index in [0.29, 0.717) is 6.04 Å². The van der Waals surface area contributed by atoms with Crippen LogP contribution in [0.1, 0.15) is 26.7 Å². The van der Waals surface area contributed by atoms with Crippen molar-refractivity contribution >= 4 is 5.91 Å². The Morgan fingerprint density at radius 2 is 2.33 bits per heavy atom. The number of carbonyl (C=O) groups excluding carboxylic acids is 1. The first-order valence-electron chi connectivity index (χ1n) is 4.71. The van der Waals surface area contributed by atoms with Crippen molar-refractivity contribution in [1.82, 2.24) is 10.6 Å². The molecule has 0 spiro atoms. The van der Waals surface area contributed by atoms with Crippen LogP contribution in [0.4, 0.5) is 0 Å². The Morgan fingerprint density at radius 3 is 2.75 bits per heavy atom. The van der Waals surface area contributed by atoms with Gasteiger partial charge in [-0.15, -0.1) is 0 Å². The van der Waals surface area contributed by atoms with E-state index in [-0.39, 0.29) is 11.8 Å². The first-order valence-corrected chi connectivity index (χ1v) is 4.71. The van der Waals surface area contributed by atoms with Gasteiger partial charge in [-0.3, -0.25) is 4.79 Å². The van der Waals surface area contributed by atoms with E-state index in [1.165, 1.54) is 6.42 Å². The molecule has 1 atom stereocenters. The summed E-state index contributed by atoms with van der Waals surface area (Å²) in [4.78, 5) is 11.1. The van der Waals surface area contributed by atoms with Crippen molar-refractivity contribution < 1.29 is 4.79 Å². The number of carbonyl (C=O) groups is 1. The van der Waals surface area contributed by atoms with Crippen molar-refractivity contribution in [2.75, 3.05) is 13.1 Å². The van der Waals surface area contributed by atoms with Crippen LogP contribution in [0, 0.1) is 5.92 Å². The summed E-state index contributed by atoms with van der Waals surface area (Å²) < 4.78 is 0. The zero-order valence-corrected chi connectivity index (χ0v) is 7.89. The third-order valence-corrected chi connectivity index (χ3v) is 2.24. The van der Waals surface area contributed by atoms with Gasteiger partial charge in [-0.25, -0.2) is 0 Å². The van der Waals surface area contributed by atoms with E-state index < -0.39 is 0 Å². The number of nitrogens with one attached hydrogen (secondary N) is 2. The summed E-state index contributed by atoms with van der Waals surface area (Å²) in [7, 11) is 0. The van der Waals surface area contributed by atoms with Crippen molar-refractivity contribution in [3.05, 3.63) is 0 Å². The second-order valence-corrected chi connectivity index (χ2v) is 3.67. The van der Waals surface area contributed by atoms with Crippen LogP contribution in [0.25, 0.3) is 0 Å². The highest BCUT2D eigenvalue weighted by atomic mass is 16.1. The van der Waals surface area contributed by atoms with E-state index in [0.717, 1.165) is 19.5 Å². The van der Waals surface area contributed by atoms with E-state index in [4.69, 9.17) is 0 Å². The fraction of sp³-hybridized carbons (Fsp3) is 0.889. The van der Waals surface area contributed by atoms with Gasteiger partial charge in [0.25, 0.3) is 0 Å². The molecule has 3 heteroatoms. The molecular weight excluding hydrogens is 152 g/mol. The lowest BCUT2D eigenvalue weighted by Gasteiger charge is -2.27. The van der Waals surface area contributed by atoms with E-state index in [9.17, 15) is 4.79 Å². The molecule has 0 aromatic rings. The average Bonchev–Trinajstić information content (AvgIpc) is 1.93. The lowest BCUT2D eigenvalue weighted by atomic mass is 10.0. The number of amides is 1. The van der Waals surface area contributed by atoms with Crippen LogP contribution in [-0.2, 0) is 4.79 Å². The molecule has 0 aromatic heterocycles. The molecule has 0 bridgehead atoms. The van der Waals surface area contributed by atoms with Gasteiger partial charge in [0.15, 0.2) is 0 Å². The molecule has 0 radical (unpaired) electrons. The maximum atomic E-state index is 11.1. The quantitative estimate of drug-likeness (QED) is 0.645. The fourth-order valence-corrected chi connectivity index (χ4v) is 1.17. The maximum Gasteiger partial charge on any atom is 0.222 e. The van der Waals surface area contributed by atoms with Gasteiger partial charge in [0.05, 0.1) is 0 Å². The number of hydrogen-bond acceptors (Lipinski definition) is 2. The first-order chi connectivity index (χ1) is 5.70. The predicted molar refractivity (Wildman–Crippen MR) is 48.9 cm³/mol. The lowest BCUT2D eigenvalue weighted by molar-refractivity contribution is -0.124. The second kappa shape index (κ2) is 4.45. The molecule has 2 N–H and O–H groups in total. The second-order valence-electron chi connectivity index (χ2n) is 3.67. The highest BCUT2D eigenvalue weighted by Gasteiger charge is 2.15. The summed E-state index contributed by atoms with van der Waals surface area (Å²) in [5.41, 5.74) is 0. The van der Waals surface area contributed by atoms with Crippen molar-refractivity contribution in [1.29, 1.82) is 0 Å². The van der Waals surface area contributed by atoms with Crippen molar-refractivity contribution in [2.45, 2.75) is 32.7 Å². The molecule has 1 amide bonds. The minimum Gasteiger partial charge on any atom is -0.356 e. The minimum atomic E-state index is 0.111. The summed E-state index contributed by atoms with van der Waals surface area (Å²) in [5, 5.41) is 6.20. The van der Waals surface area contributed by atoms with Crippen molar-refractivity contribution in [2.24, 2.45) is 5.92 Å². The first kappa shape index (κ1) is 9.52. The smallest absolute Gasteiger partial charge is 0.222 e. The van der Waals surface area contributed by atoms with Gasteiger partial charge in [0.2, 0.25) is 5.91 Å². The van der Waals surface area contributed by atoms with Crippen LogP contribution in [0.2, 0.25) is 0 Å². The highest BCUT2D eigenvalue weighted by Crippen LogP contribution is 2.04. The molecule has 0 aromatic carbocycles. The van der Waals surface area contributed by atoms with E-state index in [2.05, 4.69) is 10.6 Å². The summed E-state index contributed by atoms with van der Waals surface area (Å²) in [6.07, 6.45) is 2.33. The molecule has 1 fully saturated rings. The molecule has 70 valence electrons. The molecule has 1 rings (SSSR count). The molecule has 0 saturated carbocycles. The van der Waals surface area contributed by atoms with Gasteiger partial charge in [-0.1, -0.05) is 13.8 Å². The number of rotatable bonds is 4. The van der Waals surface area contributed by atoms with Gasteiger partial charge >= 0.3 is 0 Å². The Hall–Kier alpha value is -0.570. The van der Waals surface area contributed by atoms with E-state index in [1.54, 1.807) is 0 Å². The predicted octanol–water partition coefficient (Wildman–Crippen LogP) is 0.511. The summed E-state index contributed by atoms with van der Waals surface area (Å²) in [5.74, 6) is 0.272. The van der Waals surface area contributed by atoms with E-state index >= 15 is 0 Å². The summed E-state index contributed by atoms with van der Waals surface area (Å²) in [6.45, 7) is 5.78. The molecular formula is C9H18N2O. The molecule has 3 nitrogen and oxygen atoms in total. The Balaban J connectivity index is 1.97. The Morgan fingerprint density at radius 1 is 1.67 bits per heavy atom. The molecule has 1 aliphatic heterocycles.